The lowest BCUT2D eigenvalue weighted by Crippen LogP contribution is -2.45. The molecule has 10 heteroatoms. The second-order valence-electron chi connectivity index (χ2n) is 8.46. The van der Waals surface area contributed by atoms with Crippen molar-refractivity contribution in [1.82, 2.24) is 10.3 Å². The number of nitrogens with one attached hydrogen (secondary N) is 1. The molecule has 0 amide bonds. The number of primary sulfonamides is 1. The van der Waals surface area contributed by atoms with Crippen molar-refractivity contribution in [2.24, 2.45) is 5.14 Å². The van der Waals surface area contributed by atoms with Crippen LogP contribution in [0.15, 0.2) is 53.6 Å². The van der Waals surface area contributed by atoms with E-state index in [1.165, 1.54) is 12.1 Å². The number of benzene rings is 1. The zero-order valence-corrected chi connectivity index (χ0v) is 18.7. The molecule has 0 unspecified atom stereocenters. The molecule has 2 aliphatic rings. The Balaban J connectivity index is 1.19. The maximum Gasteiger partial charge on any atom is 0.238 e. The minimum atomic E-state index is -3.79. The van der Waals surface area contributed by atoms with Crippen molar-refractivity contribution in [1.29, 1.82) is 0 Å². The summed E-state index contributed by atoms with van der Waals surface area (Å²) in [4.78, 5) is 6.70. The lowest BCUT2D eigenvalue weighted by Gasteiger charge is -2.39. The number of aliphatic hydroxyl groups excluding tert-OH is 1. The summed E-state index contributed by atoms with van der Waals surface area (Å²) in [7, 11) is -3.79. The first-order chi connectivity index (χ1) is 15.3. The van der Waals surface area contributed by atoms with E-state index in [9.17, 15) is 13.5 Å². The van der Waals surface area contributed by atoms with Crippen LogP contribution in [0.5, 0.6) is 5.75 Å². The lowest BCUT2D eigenvalue weighted by molar-refractivity contribution is -0.0151. The Morgan fingerprint density at radius 3 is 2.81 bits per heavy atom. The number of nitrogens with zero attached hydrogens (tertiary/aromatic N) is 2. The molecule has 1 spiro atoms. The molecule has 32 heavy (non-hydrogen) atoms. The highest BCUT2D eigenvalue weighted by Crippen LogP contribution is 2.36. The molecule has 0 bridgehead atoms. The average molecular weight is 463 g/mol. The van der Waals surface area contributed by atoms with Crippen LogP contribution < -0.4 is 20.1 Å². The molecule has 9 nitrogen and oxygen atoms in total. The standard InChI is InChI=1S/C22H30N4O5S/c23-32(28,29)20-5-3-4-19(12-20)30-16-18(27)14-25-17-13-22(31-15-17)7-10-26(11-8-22)21-6-1-2-9-24-21/h1-6,9,12,17-18,25,27H,7-8,10-11,13-16H2,(H2,23,28,29)/t17-,18+/m1/s1. The van der Waals surface area contributed by atoms with Crippen LogP contribution >= 0.6 is 0 Å². The molecule has 174 valence electrons. The van der Waals surface area contributed by atoms with Crippen LogP contribution in [0.2, 0.25) is 0 Å². The number of pyridine rings is 1. The first-order valence-electron chi connectivity index (χ1n) is 10.8. The van der Waals surface area contributed by atoms with Crippen molar-refractivity contribution >= 4 is 15.8 Å². The smallest absolute Gasteiger partial charge is 0.238 e. The van der Waals surface area contributed by atoms with Gasteiger partial charge in [0.15, 0.2) is 0 Å². The first-order valence-corrected chi connectivity index (χ1v) is 12.3. The van der Waals surface area contributed by atoms with E-state index in [1.54, 1.807) is 12.1 Å². The van der Waals surface area contributed by atoms with Crippen molar-refractivity contribution < 1.29 is 23.0 Å². The van der Waals surface area contributed by atoms with E-state index in [-0.39, 0.29) is 23.1 Å². The SMILES string of the molecule is NS(=O)(=O)c1cccc(OC[C@@H](O)CN[C@H]2COC3(CCN(c4ccccn4)CC3)C2)c1. The molecule has 2 aromatic rings. The van der Waals surface area contributed by atoms with Gasteiger partial charge in [0, 0.05) is 37.9 Å². The van der Waals surface area contributed by atoms with E-state index < -0.39 is 16.1 Å². The van der Waals surface area contributed by atoms with Crippen LogP contribution in [-0.4, -0.2) is 69.1 Å². The molecule has 2 aliphatic heterocycles. The van der Waals surface area contributed by atoms with Gasteiger partial charge in [-0.25, -0.2) is 18.5 Å². The molecule has 1 aromatic heterocycles. The van der Waals surface area contributed by atoms with Crippen LogP contribution in [0.4, 0.5) is 5.82 Å². The molecule has 0 aliphatic carbocycles. The van der Waals surface area contributed by atoms with Crippen molar-refractivity contribution in [2.75, 3.05) is 37.7 Å². The third kappa shape index (κ3) is 5.76. The highest BCUT2D eigenvalue weighted by atomic mass is 32.2. The van der Waals surface area contributed by atoms with Crippen LogP contribution in [0, 0.1) is 0 Å². The molecule has 0 radical (unpaired) electrons. The number of anilines is 1. The van der Waals surface area contributed by atoms with Crippen molar-refractivity contribution in [3.8, 4) is 5.75 Å². The lowest BCUT2D eigenvalue weighted by atomic mass is 9.87. The van der Waals surface area contributed by atoms with Gasteiger partial charge in [0.25, 0.3) is 0 Å². The Morgan fingerprint density at radius 2 is 2.09 bits per heavy atom. The van der Waals surface area contributed by atoms with E-state index in [1.807, 2.05) is 24.4 Å². The normalized spacial score (nSPS) is 21.6. The van der Waals surface area contributed by atoms with Crippen LogP contribution in [0.25, 0.3) is 0 Å². The van der Waals surface area contributed by atoms with Crippen molar-refractivity contribution in [2.45, 2.75) is 41.9 Å². The third-order valence-corrected chi connectivity index (χ3v) is 6.99. The van der Waals surface area contributed by atoms with E-state index in [0.717, 1.165) is 38.2 Å². The van der Waals surface area contributed by atoms with Gasteiger partial charge in [-0.1, -0.05) is 12.1 Å². The largest absolute Gasteiger partial charge is 0.491 e. The number of aromatic nitrogens is 1. The summed E-state index contributed by atoms with van der Waals surface area (Å²) in [6, 6.07) is 12.1. The Labute approximate surface area is 188 Å². The number of aliphatic hydroxyl groups is 1. The third-order valence-electron chi connectivity index (χ3n) is 6.08. The minimum Gasteiger partial charge on any atom is -0.491 e. The predicted octanol–water partition coefficient (Wildman–Crippen LogP) is 0.886. The molecule has 2 saturated heterocycles. The van der Waals surface area contributed by atoms with Gasteiger partial charge in [0.2, 0.25) is 10.0 Å². The fourth-order valence-corrected chi connectivity index (χ4v) is 4.85. The average Bonchev–Trinajstić information content (AvgIpc) is 3.19. The molecular weight excluding hydrogens is 432 g/mol. The fraction of sp³-hybridized carbons (Fsp3) is 0.500. The molecule has 0 saturated carbocycles. The highest BCUT2D eigenvalue weighted by Gasteiger charge is 2.42. The molecule has 4 rings (SSSR count). The summed E-state index contributed by atoms with van der Waals surface area (Å²) in [6.07, 6.45) is 3.89. The minimum absolute atomic E-state index is 0.0230. The monoisotopic (exact) mass is 462 g/mol. The first kappa shape index (κ1) is 22.9. The Morgan fingerprint density at radius 1 is 1.28 bits per heavy atom. The van der Waals surface area contributed by atoms with Crippen LogP contribution in [0.1, 0.15) is 19.3 Å². The number of nitrogens with two attached hydrogens (primary N) is 1. The van der Waals surface area contributed by atoms with Gasteiger partial charge in [0.05, 0.1) is 17.1 Å². The topological polar surface area (TPSA) is 127 Å². The summed E-state index contributed by atoms with van der Waals surface area (Å²) in [5.74, 6) is 1.35. The van der Waals surface area contributed by atoms with Crippen LogP contribution in [0.3, 0.4) is 0 Å². The number of piperidine rings is 1. The number of hydrogen-bond donors (Lipinski definition) is 3. The quantitative estimate of drug-likeness (QED) is 0.528. The van der Waals surface area contributed by atoms with Gasteiger partial charge in [-0.05, 0) is 43.5 Å². The molecule has 4 N–H and O–H groups in total. The molecule has 3 heterocycles. The number of rotatable bonds is 8. The zero-order chi connectivity index (χ0) is 22.6. The van der Waals surface area contributed by atoms with E-state index in [2.05, 4.69) is 15.2 Å². The van der Waals surface area contributed by atoms with Gasteiger partial charge in [0.1, 0.15) is 24.3 Å². The molecule has 2 atom stereocenters. The fourth-order valence-electron chi connectivity index (χ4n) is 4.30. The van der Waals surface area contributed by atoms with Crippen molar-refractivity contribution in [3.05, 3.63) is 48.7 Å². The number of ether oxygens (including phenoxy) is 2. The van der Waals surface area contributed by atoms with Gasteiger partial charge in [-0.3, -0.25) is 0 Å². The molecule has 2 fully saturated rings. The molecule has 1 aromatic carbocycles. The second-order valence-corrected chi connectivity index (χ2v) is 10.0. The van der Waals surface area contributed by atoms with Crippen LogP contribution in [-0.2, 0) is 14.8 Å². The molecular formula is C22H30N4O5S. The van der Waals surface area contributed by atoms with Gasteiger partial charge in [-0.15, -0.1) is 0 Å². The van der Waals surface area contributed by atoms with Gasteiger partial charge < -0.3 is 24.8 Å². The summed E-state index contributed by atoms with van der Waals surface area (Å²) in [5.41, 5.74) is -0.113. The Hall–Kier alpha value is -2.24. The summed E-state index contributed by atoms with van der Waals surface area (Å²) in [6.45, 7) is 2.85. The summed E-state index contributed by atoms with van der Waals surface area (Å²) in [5, 5.41) is 18.8. The van der Waals surface area contributed by atoms with Gasteiger partial charge in [-0.2, -0.15) is 0 Å². The van der Waals surface area contributed by atoms with Crippen molar-refractivity contribution in [3.63, 3.8) is 0 Å². The van der Waals surface area contributed by atoms with E-state index >= 15 is 0 Å². The summed E-state index contributed by atoms with van der Waals surface area (Å²) < 4.78 is 34.6. The number of sulfonamides is 1. The predicted molar refractivity (Wildman–Crippen MR) is 120 cm³/mol. The van der Waals surface area contributed by atoms with Gasteiger partial charge >= 0.3 is 0 Å². The second kappa shape index (κ2) is 9.72. The number of hydrogen-bond acceptors (Lipinski definition) is 8. The van der Waals surface area contributed by atoms with E-state index in [4.69, 9.17) is 14.6 Å². The highest BCUT2D eigenvalue weighted by molar-refractivity contribution is 7.89. The van der Waals surface area contributed by atoms with E-state index in [0.29, 0.717) is 18.9 Å². The Kier molecular flexibility index (Phi) is 6.96. The maximum atomic E-state index is 11.4. The Bertz CT molecular complexity index is 996. The summed E-state index contributed by atoms with van der Waals surface area (Å²) >= 11 is 0. The zero-order valence-electron chi connectivity index (χ0n) is 17.9. The maximum absolute atomic E-state index is 11.4.